The number of rotatable bonds is 9. The average Bonchev–Trinajstić information content (AvgIpc) is 2.53. The second kappa shape index (κ2) is 9.67. The Labute approximate surface area is 150 Å². The van der Waals surface area contributed by atoms with Crippen molar-refractivity contribution in [2.75, 3.05) is 27.2 Å². The van der Waals surface area contributed by atoms with Gasteiger partial charge in [0.2, 0.25) is 0 Å². The number of nitrogens with one attached hydrogen (secondary N) is 1. The molecule has 0 saturated carbocycles. The second-order valence-electron chi connectivity index (χ2n) is 6.36. The summed E-state index contributed by atoms with van der Waals surface area (Å²) in [6, 6.07) is 14.2. The Morgan fingerprint density at radius 1 is 1.12 bits per heavy atom. The number of hydrogen-bond donors (Lipinski definition) is 1. The first kappa shape index (κ1) is 18.8. The van der Waals surface area contributed by atoms with E-state index in [9.17, 15) is 0 Å². The summed E-state index contributed by atoms with van der Waals surface area (Å²) >= 11 is 6.15. The van der Waals surface area contributed by atoms with Crippen molar-refractivity contribution in [3.63, 3.8) is 0 Å². The van der Waals surface area contributed by atoms with Crippen LogP contribution in [0.1, 0.15) is 23.1 Å². The van der Waals surface area contributed by atoms with Gasteiger partial charge in [-0.3, -0.25) is 0 Å². The summed E-state index contributed by atoms with van der Waals surface area (Å²) in [7, 11) is 4.18. The predicted octanol–water partition coefficient (Wildman–Crippen LogP) is 4.27. The van der Waals surface area contributed by atoms with Gasteiger partial charge >= 0.3 is 0 Å². The highest BCUT2D eigenvalue weighted by atomic mass is 35.5. The normalized spacial score (nSPS) is 11.0. The molecule has 0 radical (unpaired) electrons. The lowest BCUT2D eigenvalue weighted by atomic mass is 10.1. The van der Waals surface area contributed by atoms with Crippen molar-refractivity contribution in [2.24, 2.45) is 0 Å². The Morgan fingerprint density at radius 2 is 1.96 bits per heavy atom. The van der Waals surface area contributed by atoms with Crippen LogP contribution in [-0.4, -0.2) is 32.1 Å². The Hall–Kier alpha value is -1.55. The maximum absolute atomic E-state index is 6.15. The number of halogens is 1. The van der Waals surface area contributed by atoms with Crippen LogP contribution in [0.15, 0.2) is 42.5 Å². The first-order valence-corrected chi connectivity index (χ1v) is 8.74. The molecule has 0 aliphatic rings. The lowest BCUT2D eigenvalue weighted by molar-refractivity contribution is 0.302. The number of benzene rings is 2. The Balaban J connectivity index is 1.91. The van der Waals surface area contributed by atoms with Crippen LogP contribution in [0.2, 0.25) is 5.02 Å². The molecule has 0 unspecified atom stereocenters. The third-order valence-electron chi connectivity index (χ3n) is 3.77. The van der Waals surface area contributed by atoms with Crippen molar-refractivity contribution in [3.05, 3.63) is 64.2 Å². The molecule has 2 aromatic rings. The lowest BCUT2D eigenvalue weighted by Gasteiger charge is -2.14. The zero-order chi connectivity index (χ0) is 17.4. The van der Waals surface area contributed by atoms with Crippen LogP contribution < -0.4 is 10.1 Å². The van der Waals surface area contributed by atoms with Gasteiger partial charge in [0, 0.05) is 17.1 Å². The minimum absolute atomic E-state index is 0.566. The molecule has 4 heteroatoms. The molecule has 0 spiro atoms. The van der Waals surface area contributed by atoms with Gasteiger partial charge in [0.15, 0.2) is 0 Å². The van der Waals surface area contributed by atoms with Crippen LogP contribution in [0, 0.1) is 6.92 Å². The summed E-state index contributed by atoms with van der Waals surface area (Å²) in [6.07, 6.45) is 1.12. The van der Waals surface area contributed by atoms with E-state index in [1.807, 2.05) is 18.2 Å². The lowest BCUT2D eigenvalue weighted by Crippen LogP contribution is -2.21. The fraction of sp³-hybridized carbons (Fsp3) is 0.400. The van der Waals surface area contributed by atoms with Gasteiger partial charge in [-0.2, -0.15) is 0 Å². The molecule has 0 aliphatic heterocycles. The van der Waals surface area contributed by atoms with Gasteiger partial charge in [0.25, 0.3) is 0 Å². The molecule has 0 aliphatic carbocycles. The topological polar surface area (TPSA) is 24.5 Å². The summed E-state index contributed by atoms with van der Waals surface area (Å²) in [4.78, 5) is 2.19. The van der Waals surface area contributed by atoms with Crippen LogP contribution in [-0.2, 0) is 13.2 Å². The molecule has 0 bridgehead atoms. The standard InChI is InChI=1S/C20H27ClN2O/c1-16-6-4-7-17(12-16)15-24-20-9-8-19(21)13-18(20)14-22-10-5-11-23(2)3/h4,6-9,12-13,22H,5,10-11,14-15H2,1-3H3. The largest absolute Gasteiger partial charge is 0.489 e. The first-order chi connectivity index (χ1) is 11.5. The third kappa shape index (κ3) is 6.52. The summed E-state index contributed by atoms with van der Waals surface area (Å²) in [5.41, 5.74) is 3.52. The summed E-state index contributed by atoms with van der Waals surface area (Å²) in [5, 5.41) is 4.21. The molecule has 0 saturated heterocycles. The SMILES string of the molecule is Cc1cccc(COc2ccc(Cl)cc2CNCCCN(C)C)c1. The minimum Gasteiger partial charge on any atom is -0.489 e. The van der Waals surface area contributed by atoms with E-state index >= 15 is 0 Å². The second-order valence-corrected chi connectivity index (χ2v) is 6.80. The fourth-order valence-corrected chi connectivity index (χ4v) is 2.73. The van der Waals surface area contributed by atoms with Crippen LogP contribution in [0.3, 0.4) is 0 Å². The maximum Gasteiger partial charge on any atom is 0.124 e. The van der Waals surface area contributed by atoms with Gasteiger partial charge in [-0.05, 0) is 64.3 Å². The number of hydrogen-bond acceptors (Lipinski definition) is 3. The van der Waals surface area contributed by atoms with E-state index in [0.29, 0.717) is 6.61 Å². The smallest absolute Gasteiger partial charge is 0.124 e. The molecule has 24 heavy (non-hydrogen) atoms. The van der Waals surface area contributed by atoms with Crippen molar-refractivity contribution in [2.45, 2.75) is 26.5 Å². The molecule has 0 fully saturated rings. The molecule has 0 amide bonds. The van der Waals surface area contributed by atoms with Gasteiger partial charge in [-0.25, -0.2) is 0 Å². The van der Waals surface area contributed by atoms with Crippen LogP contribution in [0.4, 0.5) is 0 Å². The molecule has 2 aromatic carbocycles. The quantitative estimate of drug-likeness (QED) is 0.686. The number of nitrogens with zero attached hydrogens (tertiary/aromatic N) is 1. The van der Waals surface area contributed by atoms with E-state index in [4.69, 9.17) is 16.3 Å². The predicted molar refractivity (Wildman–Crippen MR) is 102 cm³/mol. The van der Waals surface area contributed by atoms with Gasteiger partial charge < -0.3 is 15.0 Å². The molecule has 0 atom stereocenters. The van der Waals surface area contributed by atoms with Crippen LogP contribution >= 0.6 is 11.6 Å². The fourth-order valence-electron chi connectivity index (χ4n) is 2.53. The van der Waals surface area contributed by atoms with E-state index in [-0.39, 0.29) is 0 Å². The monoisotopic (exact) mass is 346 g/mol. The molecule has 0 heterocycles. The van der Waals surface area contributed by atoms with Gasteiger partial charge in [0.1, 0.15) is 12.4 Å². The highest BCUT2D eigenvalue weighted by Gasteiger charge is 2.06. The summed E-state index contributed by atoms with van der Waals surface area (Å²) in [6.45, 7) is 5.48. The van der Waals surface area contributed by atoms with Crippen molar-refractivity contribution in [1.29, 1.82) is 0 Å². The molecular formula is C20H27ClN2O. The van der Waals surface area contributed by atoms with E-state index in [0.717, 1.165) is 42.4 Å². The molecule has 3 nitrogen and oxygen atoms in total. The molecule has 130 valence electrons. The van der Waals surface area contributed by atoms with E-state index < -0.39 is 0 Å². The summed E-state index contributed by atoms with van der Waals surface area (Å²) in [5.74, 6) is 0.890. The molecule has 1 N–H and O–H groups in total. The minimum atomic E-state index is 0.566. The summed E-state index contributed by atoms with van der Waals surface area (Å²) < 4.78 is 6.02. The van der Waals surface area contributed by atoms with Crippen molar-refractivity contribution >= 4 is 11.6 Å². The van der Waals surface area contributed by atoms with E-state index in [2.05, 4.69) is 55.5 Å². The van der Waals surface area contributed by atoms with Crippen LogP contribution in [0.25, 0.3) is 0 Å². The Morgan fingerprint density at radius 3 is 2.71 bits per heavy atom. The molecule has 2 rings (SSSR count). The highest BCUT2D eigenvalue weighted by molar-refractivity contribution is 6.30. The van der Waals surface area contributed by atoms with Crippen molar-refractivity contribution in [3.8, 4) is 5.75 Å². The number of ether oxygens (including phenoxy) is 1. The Bertz CT molecular complexity index is 643. The first-order valence-electron chi connectivity index (χ1n) is 8.37. The maximum atomic E-state index is 6.15. The van der Waals surface area contributed by atoms with Gasteiger partial charge in [-0.1, -0.05) is 41.4 Å². The van der Waals surface area contributed by atoms with Crippen molar-refractivity contribution < 1.29 is 4.74 Å². The van der Waals surface area contributed by atoms with E-state index in [1.165, 1.54) is 11.1 Å². The van der Waals surface area contributed by atoms with Crippen LogP contribution in [0.5, 0.6) is 5.75 Å². The highest BCUT2D eigenvalue weighted by Crippen LogP contribution is 2.24. The zero-order valence-electron chi connectivity index (χ0n) is 14.8. The van der Waals surface area contributed by atoms with Gasteiger partial charge in [-0.15, -0.1) is 0 Å². The molecule has 0 aromatic heterocycles. The number of aryl methyl sites for hydroxylation is 1. The van der Waals surface area contributed by atoms with E-state index in [1.54, 1.807) is 0 Å². The molecular weight excluding hydrogens is 320 g/mol. The third-order valence-corrected chi connectivity index (χ3v) is 4.01. The van der Waals surface area contributed by atoms with Crippen molar-refractivity contribution in [1.82, 2.24) is 10.2 Å². The Kier molecular flexibility index (Phi) is 7.57. The zero-order valence-corrected chi connectivity index (χ0v) is 15.6. The average molecular weight is 347 g/mol. The van der Waals surface area contributed by atoms with Gasteiger partial charge in [0.05, 0.1) is 0 Å².